The Kier molecular flexibility index (Phi) is 20.3. The van der Waals surface area contributed by atoms with Crippen molar-refractivity contribution in [3.8, 4) is 0 Å². The average Bonchev–Trinajstić information content (AvgIpc) is 3.12. The van der Waals surface area contributed by atoms with Gasteiger partial charge in [-0.3, -0.25) is 14.4 Å². The molecular formula is C36H54N6O11. The van der Waals surface area contributed by atoms with Crippen molar-refractivity contribution in [3.05, 3.63) is 68.9 Å². The van der Waals surface area contributed by atoms with Gasteiger partial charge < -0.3 is 49.9 Å². The van der Waals surface area contributed by atoms with Gasteiger partial charge in [-0.05, 0) is 43.7 Å². The summed E-state index contributed by atoms with van der Waals surface area (Å²) in [5.74, 6) is -2.35. The van der Waals surface area contributed by atoms with Gasteiger partial charge >= 0.3 is 6.09 Å². The number of primary amides is 1. The molecule has 0 aromatic carbocycles. The number of ether oxygens (including phenoxy) is 6. The van der Waals surface area contributed by atoms with Gasteiger partial charge in [-0.25, -0.2) is 4.79 Å². The van der Waals surface area contributed by atoms with Crippen LogP contribution in [0.2, 0.25) is 0 Å². The van der Waals surface area contributed by atoms with Crippen LogP contribution in [-0.4, -0.2) is 120 Å². The Morgan fingerprint density at radius 2 is 1.72 bits per heavy atom. The lowest BCUT2D eigenvalue weighted by Crippen LogP contribution is -2.38. The Bertz CT molecular complexity index is 1470. The number of nitrogens with one attached hydrogen (secondary N) is 2. The van der Waals surface area contributed by atoms with Crippen molar-refractivity contribution in [2.45, 2.75) is 65.0 Å². The number of ketones is 2. The number of rotatable bonds is 16. The van der Waals surface area contributed by atoms with Crippen molar-refractivity contribution in [3.63, 3.8) is 0 Å². The van der Waals surface area contributed by atoms with Crippen molar-refractivity contribution in [2.24, 2.45) is 22.7 Å². The number of nitrogens with two attached hydrogens (primary N) is 1. The van der Waals surface area contributed by atoms with Crippen LogP contribution in [0.25, 0.3) is 10.4 Å². The van der Waals surface area contributed by atoms with Crippen LogP contribution in [0.3, 0.4) is 0 Å². The van der Waals surface area contributed by atoms with Crippen molar-refractivity contribution in [1.29, 1.82) is 0 Å². The highest BCUT2D eigenvalue weighted by atomic mass is 16.6. The van der Waals surface area contributed by atoms with Crippen LogP contribution >= 0.6 is 0 Å². The third kappa shape index (κ3) is 15.3. The zero-order valence-electron chi connectivity index (χ0n) is 31.4. The molecule has 0 radical (unpaired) electrons. The number of Topliss-reactive ketones (excluding diaryl/α,β-unsaturated/α-hetero) is 1. The first-order chi connectivity index (χ1) is 25.3. The maximum Gasteiger partial charge on any atom is 0.405 e. The fourth-order valence-electron chi connectivity index (χ4n) is 5.72. The molecule has 0 aromatic heterocycles. The van der Waals surface area contributed by atoms with Gasteiger partial charge in [0.25, 0.3) is 5.91 Å². The standard InChI is InChI=1S/C36H54N6O11/c1-22-18-26-31(39-10-12-50-14-16-52-17-15-51-13-11-40-42-38)28(43)21-27(33(26)45)41-35(46)23(2)8-7-9-29(48-5)34(53-36(37)47)25(4)20-24(3)32(44)30(19-22)49-6/h7-9,20-22,24,29-30,32,34,39,44H,10-19H2,1-6H3,(H2,37,47)(H,41,46)/b9-7-,23-8+,25-20+/t22-,24+,29+,30+,32-,34+/m1/s1. The van der Waals surface area contributed by atoms with Crippen LogP contribution in [0.5, 0.6) is 0 Å². The Hall–Kier alpha value is -4.35. The number of allylic oxidation sites excluding steroid dienone is 4. The minimum atomic E-state index is -1.02. The summed E-state index contributed by atoms with van der Waals surface area (Å²) in [7, 11) is 2.90. The van der Waals surface area contributed by atoms with Crippen LogP contribution in [0.1, 0.15) is 40.5 Å². The predicted octanol–water partition coefficient (Wildman–Crippen LogP) is 2.71. The topological polar surface area (TPSA) is 243 Å². The first kappa shape index (κ1) is 44.8. The van der Waals surface area contributed by atoms with Crippen molar-refractivity contribution < 1.29 is 52.7 Å². The van der Waals surface area contributed by atoms with Gasteiger partial charge in [0.15, 0.2) is 6.10 Å². The van der Waals surface area contributed by atoms with E-state index in [-0.39, 0.29) is 61.2 Å². The lowest BCUT2D eigenvalue weighted by atomic mass is 9.85. The Morgan fingerprint density at radius 3 is 2.34 bits per heavy atom. The summed E-state index contributed by atoms with van der Waals surface area (Å²) in [6, 6.07) is 0. The number of hydrogen-bond acceptors (Lipinski definition) is 13. The molecule has 0 unspecified atom stereocenters. The zero-order chi connectivity index (χ0) is 39.3. The van der Waals surface area contributed by atoms with Crippen molar-refractivity contribution >= 4 is 23.6 Å². The number of nitrogens with zero attached hydrogens (tertiary/aromatic N) is 3. The molecule has 17 heteroatoms. The molecule has 17 nitrogen and oxygen atoms in total. The quantitative estimate of drug-likeness (QED) is 0.0445. The smallest absolute Gasteiger partial charge is 0.405 e. The molecule has 294 valence electrons. The molecule has 5 N–H and O–H groups in total. The Labute approximate surface area is 310 Å². The summed E-state index contributed by atoms with van der Waals surface area (Å²) in [5, 5.41) is 20.4. The maximum atomic E-state index is 13.9. The van der Waals surface area contributed by atoms with Gasteiger partial charge in [-0.1, -0.05) is 43.3 Å². The van der Waals surface area contributed by atoms with E-state index in [1.165, 1.54) is 33.3 Å². The molecule has 0 fully saturated rings. The van der Waals surface area contributed by atoms with Gasteiger partial charge in [-0.2, -0.15) is 0 Å². The summed E-state index contributed by atoms with van der Waals surface area (Å²) in [6.45, 7) is 9.20. The second-order valence-electron chi connectivity index (χ2n) is 12.6. The number of aliphatic hydroxyl groups excluding tert-OH is 1. The van der Waals surface area contributed by atoms with E-state index in [1.807, 2.05) is 6.92 Å². The van der Waals surface area contributed by atoms with E-state index >= 15 is 0 Å². The normalized spacial score (nSPS) is 27.4. The minimum Gasteiger partial charge on any atom is -0.439 e. The van der Waals surface area contributed by atoms with Crippen LogP contribution in [0, 0.1) is 11.8 Å². The van der Waals surface area contributed by atoms with Gasteiger partial charge in [0.1, 0.15) is 6.10 Å². The molecule has 1 heterocycles. The summed E-state index contributed by atoms with van der Waals surface area (Å²) in [6.07, 6.45) is 3.46. The number of carbonyl (C=O) groups excluding carboxylic acids is 4. The first-order valence-electron chi connectivity index (χ1n) is 17.4. The van der Waals surface area contributed by atoms with E-state index in [1.54, 1.807) is 26.0 Å². The van der Waals surface area contributed by atoms with Crippen molar-refractivity contribution in [1.82, 2.24) is 10.6 Å². The summed E-state index contributed by atoms with van der Waals surface area (Å²) >= 11 is 0. The van der Waals surface area contributed by atoms with E-state index < -0.39 is 53.9 Å². The lowest BCUT2D eigenvalue weighted by Gasteiger charge is -2.30. The van der Waals surface area contributed by atoms with E-state index in [0.717, 1.165) is 6.08 Å². The third-order valence-corrected chi connectivity index (χ3v) is 8.48. The molecule has 2 aliphatic rings. The second-order valence-corrected chi connectivity index (χ2v) is 12.6. The number of amides is 2. The number of hydrogen-bond donors (Lipinski definition) is 4. The van der Waals surface area contributed by atoms with Gasteiger partial charge in [0.2, 0.25) is 11.6 Å². The fourth-order valence-corrected chi connectivity index (χ4v) is 5.72. The molecule has 1 aliphatic carbocycles. The van der Waals surface area contributed by atoms with Crippen LogP contribution in [0.15, 0.2) is 63.6 Å². The van der Waals surface area contributed by atoms with Crippen LogP contribution < -0.4 is 16.4 Å². The highest BCUT2D eigenvalue weighted by molar-refractivity contribution is 6.23. The first-order valence-corrected chi connectivity index (χ1v) is 17.4. The average molecular weight is 747 g/mol. The van der Waals surface area contributed by atoms with Gasteiger partial charge in [0, 0.05) is 55.4 Å². The zero-order valence-corrected chi connectivity index (χ0v) is 31.4. The fraction of sp³-hybridized carbons (Fsp3) is 0.611. The molecule has 6 atom stereocenters. The summed E-state index contributed by atoms with van der Waals surface area (Å²) < 4.78 is 33.0. The number of fused-ring (bicyclic) bond motifs is 2. The molecular weight excluding hydrogens is 692 g/mol. The SMILES string of the molecule is CO[C@H]1/C=C\C=C(/C)C(=O)NC2=CC(=O)C(NCCOCCOCCOCCN=[N+]=[N-])=C(C[C@@H](C)C[C@H](OC)[C@H](O)[C@@H](C)/C=C(\C)[C@@H]1OC(N)=O)C2=O. The largest absolute Gasteiger partial charge is 0.439 e. The summed E-state index contributed by atoms with van der Waals surface area (Å²) in [5.41, 5.74) is 14.5. The molecule has 2 rings (SSSR count). The molecule has 0 aromatic rings. The Balaban J connectivity index is 2.29. The van der Waals surface area contributed by atoms with E-state index in [9.17, 15) is 24.3 Å². The highest BCUT2D eigenvalue weighted by Gasteiger charge is 2.33. The maximum absolute atomic E-state index is 13.9. The minimum absolute atomic E-state index is 0.103. The number of carbonyl (C=O) groups is 4. The predicted molar refractivity (Wildman–Crippen MR) is 194 cm³/mol. The molecule has 1 aliphatic heterocycles. The Morgan fingerprint density at radius 1 is 1.06 bits per heavy atom. The number of aliphatic hydroxyl groups is 1. The van der Waals surface area contributed by atoms with Gasteiger partial charge in [0.05, 0.1) is 63.2 Å². The molecule has 0 spiro atoms. The molecule has 0 saturated carbocycles. The van der Waals surface area contributed by atoms with E-state index in [2.05, 4.69) is 20.7 Å². The van der Waals surface area contributed by atoms with Crippen LogP contribution in [0.4, 0.5) is 4.79 Å². The number of azide groups is 1. The third-order valence-electron chi connectivity index (χ3n) is 8.48. The summed E-state index contributed by atoms with van der Waals surface area (Å²) in [4.78, 5) is 54.9. The molecule has 2 amide bonds. The van der Waals surface area contributed by atoms with E-state index in [0.29, 0.717) is 38.4 Å². The van der Waals surface area contributed by atoms with Crippen molar-refractivity contribution in [2.75, 3.05) is 67.0 Å². The molecule has 2 bridgehead atoms. The molecule has 53 heavy (non-hydrogen) atoms. The monoisotopic (exact) mass is 746 g/mol. The molecule has 0 saturated heterocycles. The second kappa shape index (κ2) is 24.1. The van der Waals surface area contributed by atoms with Gasteiger partial charge in [-0.15, -0.1) is 0 Å². The highest BCUT2D eigenvalue weighted by Crippen LogP contribution is 2.29. The number of methoxy groups -OCH3 is 2. The van der Waals surface area contributed by atoms with Crippen LogP contribution in [-0.2, 0) is 42.8 Å². The van der Waals surface area contributed by atoms with E-state index in [4.69, 9.17) is 39.7 Å². The lowest BCUT2D eigenvalue weighted by molar-refractivity contribution is -0.120.